The number of carbonyl (C=O) groups is 3. The van der Waals surface area contributed by atoms with Crippen LogP contribution in [0.3, 0.4) is 0 Å². The molecule has 1 aliphatic rings. The highest BCUT2D eigenvalue weighted by Crippen LogP contribution is 2.26. The Labute approximate surface area is 175 Å². The van der Waals surface area contributed by atoms with Gasteiger partial charge < -0.3 is 26.4 Å². The second kappa shape index (κ2) is 9.78. The highest BCUT2D eigenvalue weighted by molar-refractivity contribution is 5.88. The van der Waals surface area contributed by atoms with Crippen molar-refractivity contribution in [3.05, 3.63) is 60.2 Å². The summed E-state index contributed by atoms with van der Waals surface area (Å²) in [4.78, 5) is 36.1. The number of piperidine rings is 1. The van der Waals surface area contributed by atoms with Crippen molar-refractivity contribution in [2.45, 2.75) is 44.3 Å². The van der Waals surface area contributed by atoms with Crippen LogP contribution in [-0.4, -0.2) is 29.9 Å². The van der Waals surface area contributed by atoms with Gasteiger partial charge in [-0.2, -0.15) is 0 Å². The summed E-state index contributed by atoms with van der Waals surface area (Å²) in [5.74, 6) is 0.693. The first-order chi connectivity index (χ1) is 14.4. The van der Waals surface area contributed by atoms with Gasteiger partial charge in [0.15, 0.2) is 0 Å². The number of primary amides is 1. The number of hydrogen-bond acceptors (Lipinski definition) is 4. The lowest BCUT2D eigenvalue weighted by atomic mass is 9.99. The molecule has 2 aromatic rings. The lowest BCUT2D eigenvalue weighted by Crippen LogP contribution is -2.53. The fourth-order valence-electron chi connectivity index (χ4n) is 3.38. The molecule has 3 unspecified atom stereocenters. The highest BCUT2D eigenvalue weighted by Gasteiger charge is 2.28. The Hall–Kier alpha value is -3.55. The molecule has 8 nitrogen and oxygen atoms in total. The molecule has 0 saturated carbocycles. The van der Waals surface area contributed by atoms with Crippen LogP contribution in [0.4, 0.5) is 4.79 Å². The Morgan fingerprint density at radius 2 is 1.87 bits per heavy atom. The molecule has 1 heterocycles. The number of benzene rings is 2. The molecule has 5 N–H and O–H groups in total. The first-order valence-electron chi connectivity index (χ1n) is 9.89. The number of hydrogen-bond donors (Lipinski definition) is 4. The van der Waals surface area contributed by atoms with E-state index in [9.17, 15) is 14.4 Å². The van der Waals surface area contributed by atoms with Crippen molar-refractivity contribution in [3.63, 3.8) is 0 Å². The van der Waals surface area contributed by atoms with Gasteiger partial charge in [-0.15, -0.1) is 0 Å². The van der Waals surface area contributed by atoms with E-state index in [2.05, 4.69) is 16.0 Å². The van der Waals surface area contributed by atoms with Crippen molar-refractivity contribution >= 4 is 17.8 Å². The minimum atomic E-state index is -0.744. The molecule has 3 atom stereocenters. The van der Waals surface area contributed by atoms with Gasteiger partial charge in [-0.3, -0.25) is 9.59 Å². The second-order valence-corrected chi connectivity index (χ2v) is 7.36. The molecule has 8 heteroatoms. The van der Waals surface area contributed by atoms with Gasteiger partial charge in [0.25, 0.3) is 0 Å². The fourth-order valence-corrected chi connectivity index (χ4v) is 3.38. The Morgan fingerprint density at radius 1 is 1.13 bits per heavy atom. The van der Waals surface area contributed by atoms with Gasteiger partial charge >= 0.3 is 6.03 Å². The van der Waals surface area contributed by atoms with Gasteiger partial charge in [-0.1, -0.05) is 30.3 Å². The van der Waals surface area contributed by atoms with Gasteiger partial charge in [0.05, 0.1) is 12.5 Å². The van der Waals surface area contributed by atoms with E-state index in [0.717, 1.165) is 6.42 Å². The van der Waals surface area contributed by atoms with E-state index >= 15 is 0 Å². The van der Waals surface area contributed by atoms with Crippen molar-refractivity contribution in [1.82, 2.24) is 16.0 Å². The maximum atomic E-state index is 12.6. The van der Waals surface area contributed by atoms with Gasteiger partial charge in [-0.25, -0.2) is 4.79 Å². The minimum Gasteiger partial charge on any atom is -0.457 e. The Morgan fingerprint density at radius 3 is 2.57 bits per heavy atom. The first kappa shape index (κ1) is 21.2. The summed E-state index contributed by atoms with van der Waals surface area (Å²) in [6.07, 6.45) is 1.31. The molecule has 30 heavy (non-hydrogen) atoms. The van der Waals surface area contributed by atoms with Crippen LogP contribution in [0.25, 0.3) is 0 Å². The normalized spacial score (nSPS) is 19.3. The molecule has 1 aliphatic heterocycles. The quantitative estimate of drug-likeness (QED) is 0.560. The summed E-state index contributed by atoms with van der Waals surface area (Å²) in [5, 5.41) is 8.16. The largest absolute Gasteiger partial charge is 0.457 e. The smallest absolute Gasteiger partial charge is 0.312 e. The van der Waals surface area contributed by atoms with Crippen LogP contribution >= 0.6 is 0 Å². The number of urea groups is 1. The number of carbonyl (C=O) groups excluding carboxylic acids is 3. The zero-order chi connectivity index (χ0) is 21.5. The van der Waals surface area contributed by atoms with Gasteiger partial charge in [0, 0.05) is 6.04 Å². The standard InChI is InChI=1S/C22H26N4O4/c1-14-10-11-18(21(28)24-14)25-20(27)13-19(26-22(23)29)15-6-5-9-17(12-15)30-16-7-3-2-4-8-16/h2-9,12,14,18-19H,10-11,13H2,1H3,(H,24,28)(H,25,27)(H3,23,26,29). The molecule has 3 rings (SSSR count). The fraction of sp³-hybridized carbons (Fsp3) is 0.318. The number of rotatable bonds is 7. The third-order valence-corrected chi connectivity index (χ3v) is 4.87. The van der Waals surface area contributed by atoms with Crippen molar-refractivity contribution in [2.24, 2.45) is 5.73 Å². The zero-order valence-corrected chi connectivity index (χ0v) is 16.8. The predicted molar refractivity (Wildman–Crippen MR) is 112 cm³/mol. The van der Waals surface area contributed by atoms with Crippen LogP contribution in [0.2, 0.25) is 0 Å². The summed E-state index contributed by atoms with van der Waals surface area (Å²) in [6.45, 7) is 1.92. The van der Waals surface area contributed by atoms with Crippen LogP contribution in [0.15, 0.2) is 54.6 Å². The molecule has 4 amide bonds. The van der Waals surface area contributed by atoms with E-state index in [-0.39, 0.29) is 24.3 Å². The number of nitrogens with two attached hydrogens (primary N) is 1. The molecule has 0 spiro atoms. The molecule has 0 aliphatic carbocycles. The monoisotopic (exact) mass is 410 g/mol. The molecular weight excluding hydrogens is 384 g/mol. The van der Waals surface area contributed by atoms with Gasteiger partial charge in [0.2, 0.25) is 11.8 Å². The summed E-state index contributed by atoms with van der Waals surface area (Å²) >= 11 is 0. The summed E-state index contributed by atoms with van der Waals surface area (Å²) in [6, 6.07) is 14.5. The molecule has 0 aromatic heterocycles. The van der Waals surface area contributed by atoms with Crippen LogP contribution in [0.1, 0.15) is 37.8 Å². The van der Waals surface area contributed by atoms with Crippen molar-refractivity contribution in [1.29, 1.82) is 0 Å². The molecule has 1 fully saturated rings. The second-order valence-electron chi connectivity index (χ2n) is 7.36. The maximum Gasteiger partial charge on any atom is 0.312 e. The number of nitrogens with one attached hydrogen (secondary N) is 3. The maximum absolute atomic E-state index is 12.6. The third-order valence-electron chi connectivity index (χ3n) is 4.87. The zero-order valence-electron chi connectivity index (χ0n) is 16.8. The minimum absolute atomic E-state index is 0.0585. The molecule has 1 saturated heterocycles. The Bertz CT molecular complexity index is 903. The lowest BCUT2D eigenvalue weighted by molar-refractivity contribution is -0.131. The van der Waals surface area contributed by atoms with Crippen molar-refractivity contribution in [3.8, 4) is 11.5 Å². The lowest BCUT2D eigenvalue weighted by Gasteiger charge is -2.28. The van der Waals surface area contributed by atoms with Gasteiger partial charge in [-0.05, 0) is 49.6 Å². The van der Waals surface area contributed by atoms with Crippen LogP contribution in [0, 0.1) is 0 Å². The number of para-hydroxylation sites is 1. The molecule has 158 valence electrons. The number of amides is 4. The third kappa shape index (κ3) is 5.97. The van der Waals surface area contributed by atoms with Crippen molar-refractivity contribution < 1.29 is 19.1 Å². The Kier molecular flexibility index (Phi) is 6.90. The first-order valence-corrected chi connectivity index (χ1v) is 9.89. The molecule has 0 bridgehead atoms. The molecular formula is C22H26N4O4. The van der Waals surface area contributed by atoms with Gasteiger partial charge in [0.1, 0.15) is 17.5 Å². The average molecular weight is 410 g/mol. The molecule has 0 radical (unpaired) electrons. The number of ether oxygens (including phenoxy) is 1. The van der Waals surface area contributed by atoms with E-state index in [0.29, 0.717) is 23.5 Å². The van der Waals surface area contributed by atoms with E-state index in [1.165, 1.54) is 0 Å². The molecule has 2 aromatic carbocycles. The SMILES string of the molecule is CC1CCC(NC(=O)CC(NC(N)=O)c2cccc(Oc3ccccc3)c2)C(=O)N1. The predicted octanol–water partition coefficient (Wildman–Crippen LogP) is 2.36. The van der Waals surface area contributed by atoms with Crippen LogP contribution in [-0.2, 0) is 9.59 Å². The van der Waals surface area contributed by atoms with Crippen LogP contribution < -0.4 is 26.4 Å². The topological polar surface area (TPSA) is 123 Å². The van der Waals surface area contributed by atoms with E-state index < -0.39 is 18.1 Å². The Balaban J connectivity index is 1.69. The highest BCUT2D eigenvalue weighted by atomic mass is 16.5. The summed E-state index contributed by atoms with van der Waals surface area (Å²) < 4.78 is 5.83. The van der Waals surface area contributed by atoms with Crippen LogP contribution in [0.5, 0.6) is 11.5 Å². The summed E-state index contributed by atoms with van der Waals surface area (Å²) in [7, 11) is 0. The van der Waals surface area contributed by atoms with E-state index in [4.69, 9.17) is 10.5 Å². The van der Waals surface area contributed by atoms with E-state index in [1.54, 1.807) is 24.3 Å². The van der Waals surface area contributed by atoms with Crippen molar-refractivity contribution in [2.75, 3.05) is 0 Å². The van der Waals surface area contributed by atoms with E-state index in [1.807, 2.05) is 37.3 Å². The summed E-state index contributed by atoms with van der Waals surface area (Å²) in [5.41, 5.74) is 5.98. The average Bonchev–Trinajstić information content (AvgIpc) is 2.70.